The predicted molar refractivity (Wildman–Crippen MR) is 317 cm³/mol. The maximum Gasteiger partial charge on any atom is 0.136 e. The molecule has 3 heteroatoms. The van der Waals surface area contributed by atoms with Gasteiger partial charge in [-0.1, -0.05) is 188 Å². The second-order valence-corrected chi connectivity index (χ2v) is 19.7. The molecule has 0 aliphatic heterocycles. The highest BCUT2D eigenvalue weighted by atomic mass is 16.3. The summed E-state index contributed by atoms with van der Waals surface area (Å²) in [6.07, 6.45) is 0. The highest BCUT2D eigenvalue weighted by molar-refractivity contribution is 6.12. The summed E-state index contributed by atoms with van der Waals surface area (Å²) in [4.78, 5) is 2.47. The summed E-state index contributed by atoms with van der Waals surface area (Å²) in [5.74, 6) is 0. The molecule has 15 rings (SSSR count). The zero-order valence-corrected chi connectivity index (χ0v) is 40.9. The third kappa shape index (κ3) is 7.28. The Balaban J connectivity index is 0.968. The first kappa shape index (κ1) is 42.7. The van der Waals surface area contributed by atoms with Crippen molar-refractivity contribution in [1.29, 1.82) is 0 Å². The normalized spacial score (nSPS) is 11.7. The molecule has 0 amide bonds. The minimum absolute atomic E-state index is 0.864. The molecule has 3 nitrogen and oxygen atoms in total. The van der Waals surface area contributed by atoms with E-state index in [2.05, 4.69) is 289 Å². The third-order valence-corrected chi connectivity index (χ3v) is 15.3. The molecule has 0 saturated heterocycles. The molecule has 2 aromatic heterocycles. The van der Waals surface area contributed by atoms with Crippen LogP contribution in [0, 0.1) is 0 Å². The van der Waals surface area contributed by atoms with E-state index < -0.39 is 0 Å². The average molecular weight is 955 g/mol. The Labute approximate surface area is 434 Å². The second-order valence-electron chi connectivity index (χ2n) is 19.7. The van der Waals surface area contributed by atoms with Crippen molar-refractivity contribution in [1.82, 2.24) is 4.57 Å². The fourth-order valence-electron chi connectivity index (χ4n) is 11.7. The number of rotatable bonds is 8. The van der Waals surface area contributed by atoms with Crippen LogP contribution >= 0.6 is 0 Å². The van der Waals surface area contributed by atoms with Crippen LogP contribution in [0.4, 0.5) is 17.1 Å². The van der Waals surface area contributed by atoms with E-state index in [1.165, 1.54) is 54.1 Å². The predicted octanol–water partition coefficient (Wildman–Crippen LogP) is 20.3. The van der Waals surface area contributed by atoms with Crippen LogP contribution in [0.25, 0.3) is 126 Å². The van der Waals surface area contributed by atoms with Crippen LogP contribution in [0.2, 0.25) is 0 Å². The molecule has 75 heavy (non-hydrogen) atoms. The Kier molecular flexibility index (Phi) is 9.89. The van der Waals surface area contributed by atoms with E-state index in [9.17, 15) is 0 Å². The standard InChI is InChI=1S/C72H46N2O/c1-3-18-49-38-53(34-32-47(49)16-1)57-40-58(54-36-37-65-66-44-51-20-5-6-21-52(51)45-72(66)75-71(65)46-54)43-60(42-57)73(67-28-11-7-25-62(67)56-35-33-48-17-2-4-19-50(48)39-56)59-23-15-22-55(41-59)61-24-8-12-29-68(61)74-69-30-13-9-26-63(69)64-27-10-14-31-70(64)74/h1-46H. The topological polar surface area (TPSA) is 21.3 Å². The molecule has 15 aromatic rings. The first-order valence-corrected chi connectivity index (χ1v) is 25.7. The van der Waals surface area contributed by atoms with Gasteiger partial charge in [0.15, 0.2) is 0 Å². The average Bonchev–Trinajstić information content (AvgIpc) is 4.01. The van der Waals surface area contributed by atoms with Crippen molar-refractivity contribution in [3.05, 3.63) is 279 Å². The molecule has 0 unspecified atom stereocenters. The van der Waals surface area contributed by atoms with Crippen LogP contribution in [0.1, 0.15) is 0 Å². The van der Waals surface area contributed by atoms with E-state index in [-0.39, 0.29) is 0 Å². The van der Waals surface area contributed by atoms with Crippen molar-refractivity contribution in [2.45, 2.75) is 0 Å². The number of hydrogen-bond donors (Lipinski definition) is 0. The summed E-state index contributed by atoms with van der Waals surface area (Å²) in [5.41, 5.74) is 17.4. The van der Waals surface area contributed by atoms with Crippen molar-refractivity contribution in [3.8, 4) is 50.2 Å². The highest BCUT2D eigenvalue weighted by Gasteiger charge is 2.22. The Bertz CT molecular complexity index is 4690. The summed E-state index contributed by atoms with van der Waals surface area (Å²) < 4.78 is 9.15. The largest absolute Gasteiger partial charge is 0.456 e. The van der Waals surface area contributed by atoms with Gasteiger partial charge in [-0.05, 0) is 157 Å². The smallest absolute Gasteiger partial charge is 0.136 e. The molecule has 0 aliphatic carbocycles. The molecule has 350 valence electrons. The van der Waals surface area contributed by atoms with Crippen LogP contribution in [0.3, 0.4) is 0 Å². The van der Waals surface area contributed by atoms with Crippen LogP contribution < -0.4 is 4.90 Å². The molecular formula is C72H46N2O. The van der Waals surface area contributed by atoms with Crippen LogP contribution in [-0.4, -0.2) is 4.57 Å². The minimum Gasteiger partial charge on any atom is -0.456 e. The number of fused-ring (bicyclic) bond motifs is 9. The van der Waals surface area contributed by atoms with Gasteiger partial charge in [-0.15, -0.1) is 0 Å². The van der Waals surface area contributed by atoms with E-state index in [1.807, 2.05) is 0 Å². The van der Waals surface area contributed by atoms with Gasteiger partial charge in [0.25, 0.3) is 0 Å². The van der Waals surface area contributed by atoms with Crippen molar-refractivity contribution in [3.63, 3.8) is 0 Å². The fraction of sp³-hybridized carbons (Fsp3) is 0. The summed E-state index contributed by atoms with van der Waals surface area (Å²) in [7, 11) is 0. The van der Waals surface area contributed by atoms with Gasteiger partial charge in [0.05, 0.1) is 22.4 Å². The van der Waals surface area contributed by atoms with Gasteiger partial charge in [-0.3, -0.25) is 0 Å². The molecule has 0 N–H and O–H groups in total. The van der Waals surface area contributed by atoms with Gasteiger partial charge in [0.2, 0.25) is 0 Å². The lowest BCUT2D eigenvalue weighted by Crippen LogP contribution is -2.12. The van der Waals surface area contributed by atoms with E-state index in [0.717, 1.165) is 89.2 Å². The molecular weight excluding hydrogens is 909 g/mol. The van der Waals surface area contributed by atoms with Gasteiger partial charge in [0, 0.05) is 44.0 Å². The maximum absolute atomic E-state index is 6.72. The summed E-state index contributed by atoms with van der Waals surface area (Å²) in [6, 6.07) is 102. The van der Waals surface area contributed by atoms with Gasteiger partial charge < -0.3 is 13.9 Å². The number of anilines is 3. The van der Waals surface area contributed by atoms with Gasteiger partial charge >= 0.3 is 0 Å². The highest BCUT2D eigenvalue weighted by Crippen LogP contribution is 2.46. The number of nitrogens with zero attached hydrogens (tertiary/aromatic N) is 2. The Morgan fingerprint density at radius 2 is 0.773 bits per heavy atom. The van der Waals surface area contributed by atoms with Crippen molar-refractivity contribution >= 4 is 93.1 Å². The molecule has 2 heterocycles. The summed E-state index contributed by atoms with van der Waals surface area (Å²) >= 11 is 0. The lowest BCUT2D eigenvalue weighted by molar-refractivity contribution is 0.669. The number of hydrogen-bond acceptors (Lipinski definition) is 2. The van der Waals surface area contributed by atoms with Crippen LogP contribution in [0.15, 0.2) is 283 Å². The van der Waals surface area contributed by atoms with Crippen molar-refractivity contribution < 1.29 is 4.42 Å². The van der Waals surface area contributed by atoms with Gasteiger partial charge in [-0.25, -0.2) is 0 Å². The molecule has 0 radical (unpaired) electrons. The first-order valence-electron chi connectivity index (χ1n) is 25.7. The van der Waals surface area contributed by atoms with Crippen LogP contribution in [-0.2, 0) is 0 Å². The monoisotopic (exact) mass is 954 g/mol. The summed E-state index contributed by atoms with van der Waals surface area (Å²) in [5, 5.41) is 11.9. The number of aromatic nitrogens is 1. The number of furan rings is 1. The molecule has 13 aromatic carbocycles. The molecule has 0 aliphatic rings. The molecule has 0 fully saturated rings. The van der Waals surface area contributed by atoms with Crippen molar-refractivity contribution in [2.24, 2.45) is 0 Å². The number of benzene rings is 13. The third-order valence-electron chi connectivity index (χ3n) is 15.3. The van der Waals surface area contributed by atoms with E-state index in [1.54, 1.807) is 0 Å². The summed E-state index contributed by atoms with van der Waals surface area (Å²) in [6.45, 7) is 0. The first-order chi connectivity index (χ1) is 37.1. The molecule has 0 spiro atoms. The van der Waals surface area contributed by atoms with Crippen LogP contribution in [0.5, 0.6) is 0 Å². The Hall–Kier alpha value is -9.96. The molecule has 0 bridgehead atoms. The zero-order valence-electron chi connectivity index (χ0n) is 40.9. The van der Waals surface area contributed by atoms with Gasteiger partial charge in [0.1, 0.15) is 11.2 Å². The minimum atomic E-state index is 0.864. The number of para-hydroxylation sites is 4. The van der Waals surface area contributed by atoms with E-state index in [4.69, 9.17) is 4.42 Å². The SMILES string of the molecule is c1cc(-c2ccccc2-n2c3ccccc3c3ccccc32)cc(N(c2cc(-c3ccc4ccccc4c3)cc(-c3ccc4c(c3)oc3cc5ccccc5cc34)c2)c2ccccc2-c2ccc3ccccc3c2)c1. The van der Waals surface area contributed by atoms with Crippen molar-refractivity contribution in [2.75, 3.05) is 4.90 Å². The van der Waals surface area contributed by atoms with E-state index >= 15 is 0 Å². The lowest BCUT2D eigenvalue weighted by Gasteiger charge is -2.29. The van der Waals surface area contributed by atoms with Gasteiger partial charge in [-0.2, -0.15) is 0 Å². The molecule has 0 saturated carbocycles. The maximum atomic E-state index is 6.72. The molecule has 0 atom stereocenters. The zero-order chi connectivity index (χ0) is 49.4. The fourth-order valence-corrected chi connectivity index (χ4v) is 11.7. The van der Waals surface area contributed by atoms with E-state index in [0.29, 0.717) is 0 Å². The quantitative estimate of drug-likeness (QED) is 0.151. The Morgan fingerprint density at radius 3 is 1.49 bits per heavy atom. The Morgan fingerprint density at radius 1 is 0.267 bits per heavy atom. The second kappa shape index (κ2) is 17.4. The lowest BCUT2D eigenvalue weighted by atomic mass is 9.94.